The Balaban J connectivity index is 1.35. The van der Waals surface area contributed by atoms with Gasteiger partial charge in [0.25, 0.3) is 0 Å². The molecule has 32 heavy (non-hydrogen) atoms. The molecule has 0 aliphatic carbocycles. The number of ether oxygens (including phenoxy) is 1. The van der Waals surface area contributed by atoms with Crippen LogP contribution in [0.15, 0.2) is 30.3 Å². The Morgan fingerprint density at radius 1 is 1.03 bits per heavy atom. The van der Waals surface area contributed by atoms with Gasteiger partial charge in [0.2, 0.25) is 5.91 Å². The van der Waals surface area contributed by atoms with Crippen LogP contribution in [0.2, 0.25) is 0 Å². The Hall–Kier alpha value is -1.92. The number of carbonyl (C=O) groups excluding carboxylic acids is 2. The summed E-state index contributed by atoms with van der Waals surface area (Å²) in [5.74, 6) is -0.345. The van der Waals surface area contributed by atoms with Crippen LogP contribution in [0.25, 0.3) is 0 Å². The van der Waals surface area contributed by atoms with Gasteiger partial charge in [-0.1, -0.05) is 44.2 Å². The van der Waals surface area contributed by atoms with E-state index in [0.717, 1.165) is 32.4 Å². The van der Waals surface area contributed by atoms with Crippen LogP contribution in [0.1, 0.15) is 51.5 Å². The molecule has 178 valence electrons. The molecule has 6 nitrogen and oxygen atoms in total. The Kier molecular flexibility index (Phi) is 9.54. The summed E-state index contributed by atoms with van der Waals surface area (Å²) in [7, 11) is 1.37. The molecule has 1 aromatic carbocycles. The molecule has 1 atom stereocenters. The van der Waals surface area contributed by atoms with Crippen molar-refractivity contribution >= 4 is 11.9 Å². The molecule has 1 amide bonds. The van der Waals surface area contributed by atoms with E-state index < -0.39 is 6.04 Å². The molecule has 0 aromatic heterocycles. The van der Waals surface area contributed by atoms with Gasteiger partial charge in [0, 0.05) is 12.0 Å². The van der Waals surface area contributed by atoms with Crippen molar-refractivity contribution in [1.29, 1.82) is 0 Å². The lowest BCUT2D eigenvalue weighted by Gasteiger charge is -2.41. The van der Waals surface area contributed by atoms with Crippen molar-refractivity contribution in [3.05, 3.63) is 35.9 Å². The summed E-state index contributed by atoms with van der Waals surface area (Å²) in [6.45, 7) is 9.34. The van der Waals surface area contributed by atoms with Crippen molar-refractivity contribution < 1.29 is 14.3 Å². The first-order valence-corrected chi connectivity index (χ1v) is 12.4. The predicted octanol–water partition coefficient (Wildman–Crippen LogP) is 3.11. The van der Waals surface area contributed by atoms with Crippen molar-refractivity contribution in [2.75, 3.05) is 39.8 Å². The minimum absolute atomic E-state index is 0.00184. The zero-order chi connectivity index (χ0) is 22.9. The van der Waals surface area contributed by atoms with Crippen molar-refractivity contribution in [3.63, 3.8) is 0 Å². The highest BCUT2D eigenvalue weighted by Gasteiger charge is 2.33. The predicted molar refractivity (Wildman–Crippen MR) is 127 cm³/mol. The smallest absolute Gasteiger partial charge is 0.328 e. The number of methoxy groups -OCH3 is 1. The third kappa shape index (κ3) is 7.04. The van der Waals surface area contributed by atoms with Crippen LogP contribution in [-0.4, -0.2) is 73.6 Å². The molecule has 0 unspecified atom stereocenters. The quantitative estimate of drug-likeness (QED) is 0.594. The number of nitrogens with one attached hydrogen (secondary N) is 1. The van der Waals surface area contributed by atoms with Gasteiger partial charge < -0.3 is 19.9 Å². The molecular formula is C26H41N3O3. The van der Waals surface area contributed by atoms with Gasteiger partial charge in [-0.25, -0.2) is 4.79 Å². The van der Waals surface area contributed by atoms with E-state index >= 15 is 0 Å². The number of carbonyl (C=O) groups is 2. The number of nitrogens with zero attached hydrogens (tertiary/aromatic N) is 2. The van der Waals surface area contributed by atoms with E-state index in [2.05, 4.69) is 45.4 Å². The Morgan fingerprint density at radius 3 is 2.28 bits per heavy atom. The number of esters is 1. The summed E-state index contributed by atoms with van der Waals surface area (Å²) < 4.78 is 4.85. The van der Waals surface area contributed by atoms with Gasteiger partial charge in [-0.05, 0) is 82.7 Å². The lowest BCUT2D eigenvalue weighted by molar-refractivity contribution is -0.147. The molecule has 2 aliphatic heterocycles. The van der Waals surface area contributed by atoms with Gasteiger partial charge in [-0.3, -0.25) is 4.79 Å². The number of amides is 1. The fourth-order valence-corrected chi connectivity index (χ4v) is 5.08. The maximum Gasteiger partial charge on any atom is 0.328 e. The topological polar surface area (TPSA) is 61.9 Å². The zero-order valence-electron chi connectivity index (χ0n) is 20.1. The van der Waals surface area contributed by atoms with E-state index in [9.17, 15) is 9.59 Å². The second-order valence-corrected chi connectivity index (χ2v) is 9.73. The van der Waals surface area contributed by atoms with Crippen molar-refractivity contribution in [2.45, 2.75) is 64.5 Å². The normalized spacial score (nSPS) is 20.2. The second kappa shape index (κ2) is 12.4. The molecule has 0 saturated carbocycles. The van der Waals surface area contributed by atoms with Crippen LogP contribution in [0.3, 0.4) is 0 Å². The van der Waals surface area contributed by atoms with E-state index in [4.69, 9.17) is 4.74 Å². The first-order chi connectivity index (χ1) is 15.5. The maximum absolute atomic E-state index is 12.7. The van der Waals surface area contributed by atoms with Gasteiger partial charge in [-0.15, -0.1) is 0 Å². The number of likely N-dealkylation sites (tertiary alicyclic amines) is 2. The van der Waals surface area contributed by atoms with Gasteiger partial charge in [0.15, 0.2) is 0 Å². The number of hydrogen-bond acceptors (Lipinski definition) is 5. The lowest BCUT2D eigenvalue weighted by Crippen LogP contribution is -2.51. The first-order valence-electron chi connectivity index (χ1n) is 12.4. The van der Waals surface area contributed by atoms with E-state index in [-0.39, 0.29) is 23.7 Å². The van der Waals surface area contributed by atoms with E-state index in [1.807, 2.05) is 13.8 Å². The van der Waals surface area contributed by atoms with Crippen LogP contribution in [0.5, 0.6) is 0 Å². The highest BCUT2D eigenvalue weighted by Crippen LogP contribution is 2.24. The van der Waals surface area contributed by atoms with Crippen molar-refractivity contribution in [1.82, 2.24) is 15.1 Å². The fraction of sp³-hybridized carbons (Fsp3) is 0.692. The summed E-state index contributed by atoms with van der Waals surface area (Å²) >= 11 is 0. The first kappa shape index (κ1) is 24.7. The Bertz CT molecular complexity index is 708. The average molecular weight is 444 g/mol. The lowest BCUT2D eigenvalue weighted by atomic mass is 9.92. The fourth-order valence-electron chi connectivity index (χ4n) is 5.08. The molecule has 6 heteroatoms. The Morgan fingerprint density at radius 2 is 1.69 bits per heavy atom. The molecule has 2 aliphatic rings. The highest BCUT2D eigenvalue weighted by molar-refractivity contribution is 5.85. The molecule has 3 rings (SSSR count). The largest absolute Gasteiger partial charge is 0.467 e. The average Bonchev–Trinajstić information content (AvgIpc) is 2.83. The number of aryl methyl sites for hydroxylation is 1. The van der Waals surface area contributed by atoms with Crippen molar-refractivity contribution in [2.24, 2.45) is 11.8 Å². The molecule has 0 radical (unpaired) electrons. The molecule has 0 spiro atoms. The van der Waals surface area contributed by atoms with Crippen LogP contribution in [0, 0.1) is 11.8 Å². The van der Waals surface area contributed by atoms with Crippen LogP contribution in [0.4, 0.5) is 0 Å². The highest BCUT2D eigenvalue weighted by atomic mass is 16.5. The molecule has 2 heterocycles. The number of rotatable bonds is 9. The van der Waals surface area contributed by atoms with Gasteiger partial charge >= 0.3 is 5.97 Å². The minimum Gasteiger partial charge on any atom is -0.467 e. The molecule has 2 fully saturated rings. The monoisotopic (exact) mass is 443 g/mol. The summed E-state index contributed by atoms with van der Waals surface area (Å²) in [6.07, 6.45) is 6.56. The van der Waals surface area contributed by atoms with Crippen LogP contribution in [-0.2, 0) is 20.7 Å². The molecule has 1 N–H and O–H groups in total. The molecular weight excluding hydrogens is 402 g/mol. The number of hydrogen-bond donors (Lipinski definition) is 1. The van der Waals surface area contributed by atoms with Crippen molar-refractivity contribution in [3.8, 4) is 0 Å². The molecule has 1 aromatic rings. The standard InChI is InChI=1S/C26H41N3O3/c1-20(2)24(26(31)32-3)27-25(30)22-11-18-29(19-12-22)23-13-16-28(17-14-23)15-7-10-21-8-5-4-6-9-21/h4-6,8-9,20,22-24H,7,10-19H2,1-3H3,(H,27,30)/t24-/m0/s1. The van der Waals surface area contributed by atoms with Gasteiger partial charge in [-0.2, -0.15) is 0 Å². The minimum atomic E-state index is -0.559. The van der Waals surface area contributed by atoms with E-state index in [0.29, 0.717) is 6.04 Å². The maximum atomic E-state index is 12.7. The zero-order valence-corrected chi connectivity index (χ0v) is 20.1. The number of benzene rings is 1. The van der Waals surface area contributed by atoms with Gasteiger partial charge in [0.05, 0.1) is 7.11 Å². The third-order valence-corrected chi connectivity index (χ3v) is 7.18. The summed E-state index contributed by atoms with van der Waals surface area (Å²) in [5, 5.41) is 2.93. The van der Waals surface area contributed by atoms with Crippen LogP contribution < -0.4 is 5.32 Å². The Labute approximate surface area is 193 Å². The van der Waals surface area contributed by atoms with Crippen LogP contribution >= 0.6 is 0 Å². The SMILES string of the molecule is COC(=O)[C@@H](NC(=O)C1CCN(C2CCN(CCCc3ccccc3)CC2)CC1)C(C)C. The summed E-state index contributed by atoms with van der Waals surface area (Å²) in [6, 6.07) is 10.8. The summed E-state index contributed by atoms with van der Waals surface area (Å²) in [4.78, 5) is 29.9. The number of piperidine rings is 2. The summed E-state index contributed by atoms with van der Waals surface area (Å²) in [5.41, 5.74) is 1.43. The van der Waals surface area contributed by atoms with Gasteiger partial charge in [0.1, 0.15) is 6.04 Å². The molecule has 0 bridgehead atoms. The third-order valence-electron chi connectivity index (χ3n) is 7.18. The second-order valence-electron chi connectivity index (χ2n) is 9.73. The van der Waals surface area contributed by atoms with E-state index in [1.165, 1.54) is 51.6 Å². The van der Waals surface area contributed by atoms with E-state index in [1.54, 1.807) is 0 Å². The molecule has 2 saturated heterocycles.